The van der Waals surface area contributed by atoms with E-state index in [9.17, 15) is 13.2 Å². The van der Waals surface area contributed by atoms with Gasteiger partial charge in [0.15, 0.2) is 0 Å². The Balaban J connectivity index is 2.11. The van der Waals surface area contributed by atoms with E-state index in [1.54, 1.807) is 18.2 Å². The number of halogens is 3. The van der Waals surface area contributed by atoms with Gasteiger partial charge in [-0.1, -0.05) is 66.2 Å². The molecule has 0 bridgehead atoms. The van der Waals surface area contributed by atoms with E-state index in [0.717, 1.165) is 22.4 Å². The number of aromatic nitrogens is 1. The first-order chi connectivity index (χ1) is 11.9. The molecule has 4 rings (SSSR count). The van der Waals surface area contributed by atoms with Crippen LogP contribution in [0.25, 0.3) is 32.9 Å². The van der Waals surface area contributed by atoms with E-state index in [1.807, 2.05) is 43.3 Å². The molecule has 0 unspecified atom stereocenters. The summed E-state index contributed by atoms with van der Waals surface area (Å²) < 4.78 is 40.9. The first-order valence-corrected chi connectivity index (χ1v) is 7.90. The first-order valence-electron chi connectivity index (χ1n) is 7.90. The molecule has 4 heteroatoms. The molecule has 25 heavy (non-hydrogen) atoms. The molecule has 0 amide bonds. The summed E-state index contributed by atoms with van der Waals surface area (Å²) in [6, 6.07) is 19.1. The van der Waals surface area contributed by atoms with Crippen LogP contribution in [-0.2, 0) is 6.18 Å². The molecule has 1 nitrogen and oxygen atoms in total. The maximum absolute atomic E-state index is 13.6. The first kappa shape index (κ1) is 15.6. The average molecular weight is 337 g/mol. The van der Waals surface area contributed by atoms with Crippen LogP contribution in [0, 0.1) is 6.92 Å². The van der Waals surface area contributed by atoms with Crippen molar-refractivity contribution in [1.82, 2.24) is 4.98 Å². The van der Waals surface area contributed by atoms with Crippen LogP contribution >= 0.6 is 0 Å². The molecule has 0 spiro atoms. The van der Waals surface area contributed by atoms with E-state index in [2.05, 4.69) is 4.98 Å². The molecule has 0 saturated carbocycles. The predicted octanol–water partition coefficient (Wildman–Crippen LogP) is 6.38. The summed E-state index contributed by atoms with van der Waals surface area (Å²) in [6.07, 6.45) is -4.44. The van der Waals surface area contributed by atoms with Gasteiger partial charge in [0.1, 0.15) is 0 Å². The van der Waals surface area contributed by atoms with Gasteiger partial charge in [0.2, 0.25) is 0 Å². The van der Waals surface area contributed by atoms with Crippen LogP contribution in [0.1, 0.15) is 11.1 Å². The van der Waals surface area contributed by atoms with Gasteiger partial charge in [-0.25, -0.2) is 4.98 Å². The van der Waals surface area contributed by atoms with Crippen molar-refractivity contribution >= 4 is 21.7 Å². The van der Waals surface area contributed by atoms with Crippen molar-refractivity contribution in [1.29, 1.82) is 0 Å². The summed E-state index contributed by atoms with van der Waals surface area (Å²) in [5.74, 6) is 0. The zero-order chi connectivity index (χ0) is 17.6. The van der Waals surface area contributed by atoms with E-state index in [1.165, 1.54) is 6.07 Å². The van der Waals surface area contributed by atoms with Crippen molar-refractivity contribution in [2.75, 3.05) is 0 Å². The van der Waals surface area contributed by atoms with Crippen LogP contribution < -0.4 is 0 Å². The lowest BCUT2D eigenvalue weighted by atomic mass is 9.99. The highest BCUT2D eigenvalue weighted by Crippen LogP contribution is 2.38. The maximum atomic E-state index is 13.6. The Morgan fingerprint density at radius 3 is 2.24 bits per heavy atom. The molecule has 0 aliphatic heterocycles. The molecule has 1 aromatic heterocycles. The minimum Gasteiger partial charge on any atom is -0.247 e. The summed E-state index contributed by atoms with van der Waals surface area (Å²) in [7, 11) is 0. The third-order valence-electron chi connectivity index (χ3n) is 4.36. The molecule has 0 aliphatic rings. The summed E-state index contributed by atoms with van der Waals surface area (Å²) in [4.78, 5) is 4.58. The maximum Gasteiger partial charge on any atom is 0.417 e. The van der Waals surface area contributed by atoms with E-state index >= 15 is 0 Å². The second-order valence-corrected chi connectivity index (χ2v) is 6.10. The third kappa shape index (κ3) is 2.74. The molecule has 4 aromatic rings. The number of aryl methyl sites for hydroxylation is 1. The molecule has 0 N–H and O–H groups in total. The van der Waals surface area contributed by atoms with Gasteiger partial charge in [-0.05, 0) is 18.4 Å². The molecule has 0 radical (unpaired) electrons. The van der Waals surface area contributed by atoms with Gasteiger partial charge in [0, 0.05) is 16.3 Å². The van der Waals surface area contributed by atoms with Crippen LogP contribution in [0.4, 0.5) is 13.2 Å². The smallest absolute Gasteiger partial charge is 0.247 e. The van der Waals surface area contributed by atoms with E-state index in [4.69, 9.17) is 0 Å². The largest absolute Gasteiger partial charge is 0.417 e. The minimum absolute atomic E-state index is 0.127. The van der Waals surface area contributed by atoms with Crippen LogP contribution in [0.5, 0.6) is 0 Å². The number of hydrogen-bond donors (Lipinski definition) is 0. The van der Waals surface area contributed by atoms with Gasteiger partial charge in [0.05, 0.1) is 16.8 Å². The molecule has 0 aliphatic carbocycles. The van der Waals surface area contributed by atoms with E-state index in [-0.39, 0.29) is 5.39 Å². The van der Waals surface area contributed by atoms with Gasteiger partial charge >= 0.3 is 6.18 Å². The number of fused-ring (bicyclic) bond motifs is 3. The monoisotopic (exact) mass is 337 g/mol. The fraction of sp³-hybridized carbons (Fsp3) is 0.0952. The van der Waals surface area contributed by atoms with E-state index < -0.39 is 11.7 Å². The van der Waals surface area contributed by atoms with Crippen molar-refractivity contribution in [3.63, 3.8) is 0 Å². The van der Waals surface area contributed by atoms with Gasteiger partial charge in [-0.3, -0.25) is 0 Å². The van der Waals surface area contributed by atoms with Gasteiger partial charge < -0.3 is 0 Å². The van der Waals surface area contributed by atoms with Crippen molar-refractivity contribution in [2.45, 2.75) is 13.1 Å². The second kappa shape index (κ2) is 5.59. The predicted molar refractivity (Wildman–Crippen MR) is 94.4 cm³/mol. The fourth-order valence-corrected chi connectivity index (χ4v) is 3.07. The summed E-state index contributed by atoms with van der Waals surface area (Å²) >= 11 is 0. The zero-order valence-electron chi connectivity index (χ0n) is 13.4. The standard InChI is InChI=1S/C21H14F3N/c1-13-6-8-15(9-7-13)19-12-18(21(22,23)24)17-11-10-14-4-2-3-5-16(14)20(17)25-19/h2-12H,1H3. The average Bonchev–Trinajstić information content (AvgIpc) is 2.60. The van der Waals surface area contributed by atoms with Crippen molar-refractivity contribution < 1.29 is 13.2 Å². The van der Waals surface area contributed by atoms with Crippen molar-refractivity contribution in [3.8, 4) is 11.3 Å². The summed E-state index contributed by atoms with van der Waals surface area (Å²) in [5.41, 5.74) is 1.77. The summed E-state index contributed by atoms with van der Waals surface area (Å²) in [6.45, 7) is 1.94. The Morgan fingerprint density at radius 1 is 0.800 bits per heavy atom. The second-order valence-electron chi connectivity index (χ2n) is 6.10. The number of nitrogens with zero attached hydrogens (tertiary/aromatic N) is 1. The van der Waals surface area contributed by atoms with Crippen LogP contribution in [0.15, 0.2) is 66.7 Å². The Hall–Kier alpha value is -2.88. The van der Waals surface area contributed by atoms with Crippen molar-refractivity contribution in [2.24, 2.45) is 0 Å². The Bertz CT molecular complexity index is 1080. The lowest BCUT2D eigenvalue weighted by molar-refractivity contribution is -0.136. The highest BCUT2D eigenvalue weighted by Gasteiger charge is 2.33. The molecular formula is C21H14F3N. The Morgan fingerprint density at radius 2 is 1.52 bits per heavy atom. The Labute approximate surface area is 142 Å². The molecule has 0 saturated heterocycles. The fourth-order valence-electron chi connectivity index (χ4n) is 3.07. The van der Waals surface area contributed by atoms with Crippen molar-refractivity contribution in [3.05, 3.63) is 77.9 Å². The number of alkyl halides is 3. The highest BCUT2D eigenvalue weighted by molar-refractivity contribution is 6.07. The molecule has 1 heterocycles. The lowest BCUT2D eigenvalue weighted by Crippen LogP contribution is -2.07. The number of hydrogen-bond acceptors (Lipinski definition) is 1. The zero-order valence-corrected chi connectivity index (χ0v) is 13.4. The minimum atomic E-state index is -4.44. The third-order valence-corrected chi connectivity index (χ3v) is 4.36. The lowest BCUT2D eigenvalue weighted by Gasteiger charge is -2.14. The summed E-state index contributed by atoms with van der Waals surface area (Å²) in [5, 5.41) is 1.72. The highest BCUT2D eigenvalue weighted by atomic mass is 19.4. The van der Waals surface area contributed by atoms with Gasteiger partial charge in [-0.2, -0.15) is 13.2 Å². The number of benzene rings is 3. The van der Waals surface area contributed by atoms with E-state index in [0.29, 0.717) is 16.8 Å². The molecule has 3 aromatic carbocycles. The van der Waals surface area contributed by atoms with Gasteiger partial charge in [-0.15, -0.1) is 0 Å². The normalized spacial score (nSPS) is 12.0. The molecule has 0 atom stereocenters. The van der Waals surface area contributed by atoms with Crippen LogP contribution in [0.3, 0.4) is 0 Å². The molecular weight excluding hydrogens is 323 g/mol. The van der Waals surface area contributed by atoms with Gasteiger partial charge in [0.25, 0.3) is 0 Å². The quantitative estimate of drug-likeness (QED) is 0.367. The number of pyridine rings is 1. The SMILES string of the molecule is Cc1ccc(-c2cc(C(F)(F)F)c3ccc4ccccc4c3n2)cc1. The van der Waals surface area contributed by atoms with Crippen LogP contribution in [-0.4, -0.2) is 4.98 Å². The Kier molecular flexibility index (Phi) is 3.49. The molecule has 0 fully saturated rings. The number of rotatable bonds is 1. The molecule has 124 valence electrons. The van der Waals surface area contributed by atoms with Crippen LogP contribution in [0.2, 0.25) is 0 Å². The topological polar surface area (TPSA) is 12.9 Å².